The molecule has 2 aliphatic heterocycles. The number of benzene rings is 2. The number of carbonyl (C=O) groups is 2. The van der Waals surface area contributed by atoms with E-state index in [1.165, 1.54) is 0 Å². The van der Waals surface area contributed by atoms with E-state index >= 15 is 0 Å². The lowest BCUT2D eigenvalue weighted by molar-refractivity contribution is -0.140. The van der Waals surface area contributed by atoms with Gasteiger partial charge >= 0.3 is 0 Å². The van der Waals surface area contributed by atoms with Crippen molar-refractivity contribution in [2.45, 2.75) is 39.2 Å². The maximum atomic E-state index is 13.3. The van der Waals surface area contributed by atoms with E-state index in [0.29, 0.717) is 44.2 Å². The number of unbranched alkanes of at least 4 members (excludes halogenated alkanes) is 2. The topological polar surface area (TPSA) is 79.3 Å². The molecular formula is C29H36N2O5. The highest BCUT2D eigenvalue weighted by molar-refractivity contribution is 6.46. The molecule has 0 saturated carbocycles. The minimum Gasteiger partial charge on any atom is -0.507 e. The molecule has 36 heavy (non-hydrogen) atoms. The lowest BCUT2D eigenvalue weighted by atomic mass is 9.95. The number of aliphatic hydroxyl groups is 1. The number of aliphatic hydroxyl groups excluding tert-OH is 1. The highest BCUT2D eigenvalue weighted by atomic mass is 16.5. The Morgan fingerprint density at radius 2 is 1.81 bits per heavy atom. The van der Waals surface area contributed by atoms with Crippen LogP contribution in [-0.2, 0) is 14.3 Å². The van der Waals surface area contributed by atoms with Gasteiger partial charge in [-0.05, 0) is 31.0 Å². The van der Waals surface area contributed by atoms with Crippen molar-refractivity contribution in [1.29, 1.82) is 0 Å². The molecule has 2 fully saturated rings. The Balaban J connectivity index is 1.68. The first-order chi connectivity index (χ1) is 17.5. The Morgan fingerprint density at radius 1 is 1.06 bits per heavy atom. The van der Waals surface area contributed by atoms with Crippen LogP contribution in [-0.4, -0.2) is 72.6 Å². The molecule has 0 bridgehead atoms. The van der Waals surface area contributed by atoms with E-state index in [0.717, 1.165) is 43.5 Å². The Morgan fingerprint density at radius 3 is 2.53 bits per heavy atom. The number of hydrogen-bond donors (Lipinski definition) is 1. The number of likely N-dealkylation sites (tertiary alicyclic amines) is 1. The number of morpholine rings is 1. The maximum Gasteiger partial charge on any atom is 0.295 e. The van der Waals surface area contributed by atoms with Crippen molar-refractivity contribution in [2.24, 2.45) is 0 Å². The van der Waals surface area contributed by atoms with E-state index < -0.39 is 17.7 Å². The number of amides is 1. The first kappa shape index (κ1) is 25.9. The van der Waals surface area contributed by atoms with Crippen molar-refractivity contribution in [3.8, 4) is 5.75 Å². The molecule has 192 valence electrons. The summed E-state index contributed by atoms with van der Waals surface area (Å²) in [7, 11) is 0. The summed E-state index contributed by atoms with van der Waals surface area (Å²) in [6, 6.07) is 14.1. The van der Waals surface area contributed by atoms with Crippen LogP contribution < -0.4 is 4.74 Å². The minimum atomic E-state index is -0.688. The second kappa shape index (κ2) is 12.2. The van der Waals surface area contributed by atoms with E-state index in [9.17, 15) is 14.7 Å². The van der Waals surface area contributed by atoms with Gasteiger partial charge in [0.2, 0.25) is 0 Å². The zero-order chi connectivity index (χ0) is 25.5. The number of ether oxygens (including phenoxy) is 2. The molecule has 0 aromatic heterocycles. The molecule has 7 nitrogen and oxygen atoms in total. The average molecular weight is 493 g/mol. The van der Waals surface area contributed by atoms with E-state index in [1.807, 2.05) is 43.3 Å². The monoisotopic (exact) mass is 492 g/mol. The molecule has 2 aliphatic rings. The number of Topliss-reactive ketones (excluding diaryl/α,β-unsaturated/α-hetero) is 1. The number of nitrogens with zero attached hydrogens (tertiary/aromatic N) is 2. The molecule has 1 amide bonds. The van der Waals surface area contributed by atoms with Gasteiger partial charge in [-0.3, -0.25) is 14.5 Å². The van der Waals surface area contributed by atoms with Crippen LogP contribution in [0.15, 0.2) is 54.1 Å². The number of rotatable bonds is 10. The van der Waals surface area contributed by atoms with E-state index in [-0.39, 0.29) is 11.3 Å². The maximum absolute atomic E-state index is 13.3. The molecule has 0 radical (unpaired) electrons. The van der Waals surface area contributed by atoms with Gasteiger partial charge in [-0.2, -0.15) is 0 Å². The molecule has 1 N–H and O–H groups in total. The highest BCUT2D eigenvalue weighted by Crippen LogP contribution is 2.40. The molecule has 2 aromatic rings. The van der Waals surface area contributed by atoms with E-state index in [2.05, 4.69) is 11.8 Å². The number of hydrogen-bond acceptors (Lipinski definition) is 6. The van der Waals surface area contributed by atoms with Crippen molar-refractivity contribution in [2.75, 3.05) is 46.0 Å². The Labute approximate surface area is 213 Å². The predicted octanol–water partition coefficient (Wildman–Crippen LogP) is 4.32. The van der Waals surface area contributed by atoms with Crippen molar-refractivity contribution in [1.82, 2.24) is 9.80 Å². The minimum absolute atomic E-state index is 0.119. The molecule has 4 rings (SSSR count). The Kier molecular flexibility index (Phi) is 8.78. The standard InChI is InChI=1S/C29H36N2O5/c1-3-4-5-17-36-24-8-6-7-23(20-24)26-25(27(32)22-11-9-21(2)10-12-22)28(33)29(34)31(26)14-13-30-15-18-35-19-16-30/h6-12,20,26,32H,3-5,13-19H2,1-2H3/b27-25+. The molecule has 1 atom stereocenters. The summed E-state index contributed by atoms with van der Waals surface area (Å²) in [6.45, 7) is 8.62. The van der Waals surface area contributed by atoms with Gasteiger partial charge in [0.25, 0.3) is 11.7 Å². The third kappa shape index (κ3) is 5.97. The van der Waals surface area contributed by atoms with Crippen molar-refractivity contribution in [3.05, 3.63) is 70.8 Å². The summed E-state index contributed by atoms with van der Waals surface area (Å²) in [4.78, 5) is 30.4. The van der Waals surface area contributed by atoms with Gasteiger partial charge in [-0.25, -0.2) is 0 Å². The van der Waals surface area contributed by atoms with Crippen LogP contribution in [0.4, 0.5) is 0 Å². The van der Waals surface area contributed by atoms with Gasteiger partial charge in [0.05, 0.1) is 31.4 Å². The first-order valence-electron chi connectivity index (χ1n) is 12.9. The summed E-state index contributed by atoms with van der Waals surface area (Å²) < 4.78 is 11.4. The van der Waals surface area contributed by atoms with Crippen LogP contribution in [0, 0.1) is 6.92 Å². The quantitative estimate of drug-likeness (QED) is 0.230. The van der Waals surface area contributed by atoms with Crippen molar-refractivity contribution < 1.29 is 24.2 Å². The lowest BCUT2D eigenvalue weighted by Crippen LogP contribution is -2.42. The van der Waals surface area contributed by atoms with Gasteiger partial charge in [-0.15, -0.1) is 0 Å². The molecule has 2 aromatic carbocycles. The molecule has 7 heteroatoms. The van der Waals surface area contributed by atoms with E-state index in [4.69, 9.17) is 9.47 Å². The predicted molar refractivity (Wildman–Crippen MR) is 139 cm³/mol. The lowest BCUT2D eigenvalue weighted by Gasteiger charge is -2.31. The van der Waals surface area contributed by atoms with Crippen LogP contribution >= 0.6 is 0 Å². The van der Waals surface area contributed by atoms with Crippen molar-refractivity contribution >= 4 is 17.4 Å². The fourth-order valence-electron chi connectivity index (χ4n) is 4.71. The van der Waals surface area contributed by atoms with Gasteiger partial charge in [-0.1, -0.05) is 61.7 Å². The zero-order valence-corrected chi connectivity index (χ0v) is 21.2. The van der Waals surface area contributed by atoms with Gasteiger partial charge in [0.1, 0.15) is 11.5 Å². The third-order valence-corrected chi connectivity index (χ3v) is 6.82. The fraction of sp³-hybridized carbons (Fsp3) is 0.448. The number of ketones is 1. The molecule has 1 unspecified atom stereocenters. The SMILES string of the molecule is CCCCCOc1cccc(C2/C(=C(\O)c3ccc(C)cc3)C(=O)C(=O)N2CCN2CCOCC2)c1. The second-order valence-corrected chi connectivity index (χ2v) is 9.44. The summed E-state index contributed by atoms with van der Waals surface area (Å²) in [6.07, 6.45) is 3.17. The Hall–Kier alpha value is -3.16. The van der Waals surface area contributed by atoms with Crippen LogP contribution in [0.5, 0.6) is 5.75 Å². The summed E-state index contributed by atoms with van der Waals surface area (Å²) >= 11 is 0. The van der Waals surface area contributed by atoms with Crippen LogP contribution in [0.25, 0.3) is 5.76 Å². The summed E-state index contributed by atoms with van der Waals surface area (Å²) in [5.74, 6) is -0.704. The number of aryl methyl sites for hydroxylation is 1. The molecule has 0 spiro atoms. The molecular weight excluding hydrogens is 456 g/mol. The largest absolute Gasteiger partial charge is 0.507 e. The van der Waals surface area contributed by atoms with Gasteiger partial charge in [0.15, 0.2) is 0 Å². The summed E-state index contributed by atoms with van der Waals surface area (Å²) in [5, 5.41) is 11.3. The van der Waals surface area contributed by atoms with Crippen LogP contribution in [0.1, 0.15) is 48.9 Å². The zero-order valence-electron chi connectivity index (χ0n) is 21.2. The average Bonchev–Trinajstić information content (AvgIpc) is 3.16. The fourth-order valence-corrected chi connectivity index (χ4v) is 4.71. The van der Waals surface area contributed by atoms with Gasteiger partial charge < -0.3 is 19.5 Å². The molecule has 2 saturated heterocycles. The third-order valence-electron chi connectivity index (χ3n) is 6.82. The number of carbonyl (C=O) groups excluding carboxylic acids is 2. The Bertz CT molecular complexity index is 1090. The summed E-state index contributed by atoms with van der Waals surface area (Å²) in [5.41, 5.74) is 2.43. The van der Waals surface area contributed by atoms with Crippen LogP contribution in [0.2, 0.25) is 0 Å². The molecule has 0 aliphatic carbocycles. The van der Waals surface area contributed by atoms with Crippen molar-refractivity contribution in [3.63, 3.8) is 0 Å². The van der Waals surface area contributed by atoms with E-state index in [1.54, 1.807) is 17.0 Å². The first-order valence-corrected chi connectivity index (χ1v) is 12.9. The normalized spacial score (nSPS) is 20.2. The second-order valence-electron chi connectivity index (χ2n) is 9.44. The highest BCUT2D eigenvalue weighted by Gasteiger charge is 2.46. The smallest absolute Gasteiger partial charge is 0.295 e. The van der Waals surface area contributed by atoms with Gasteiger partial charge in [0, 0.05) is 31.7 Å². The van der Waals surface area contributed by atoms with Crippen LogP contribution in [0.3, 0.4) is 0 Å². The molecule has 2 heterocycles.